The van der Waals surface area contributed by atoms with Gasteiger partial charge in [-0.1, -0.05) is 17.7 Å². The Bertz CT molecular complexity index is 622. The summed E-state index contributed by atoms with van der Waals surface area (Å²) in [6.45, 7) is 2.02. The SMILES string of the molecule is Cc1ccc(NC(=S)OCc2ccc([N+](=O)[O-])o2)cc1. The van der Waals surface area contributed by atoms with Crippen molar-refractivity contribution >= 4 is 29.0 Å². The van der Waals surface area contributed by atoms with Crippen LogP contribution in [0.2, 0.25) is 0 Å². The zero-order valence-corrected chi connectivity index (χ0v) is 11.5. The van der Waals surface area contributed by atoms with E-state index in [-0.39, 0.29) is 17.7 Å². The highest BCUT2D eigenvalue weighted by Gasteiger charge is 2.12. The molecule has 0 atom stereocenters. The van der Waals surface area contributed by atoms with Crippen LogP contribution < -0.4 is 5.32 Å². The fourth-order valence-corrected chi connectivity index (χ4v) is 1.65. The first-order valence-electron chi connectivity index (χ1n) is 5.78. The number of benzene rings is 1. The standard InChI is InChI=1S/C13H12N2O4S/c1-9-2-4-10(5-3-9)14-13(20)18-8-11-6-7-12(19-11)15(16)17/h2-7H,8H2,1H3,(H,14,20). The van der Waals surface area contributed by atoms with Crippen LogP contribution in [0.1, 0.15) is 11.3 Å². The van der Waals surface area contributed by atoms with Crippen molar-refractivity contribution in [2.24, 2.45) is 0 Å². The summed E-state index contributed by atoms with van der Waals surface area (Å²) < 4.78 is 10.2. The molecule has 0 saturated carbocycles. The molecule has 0 aliphatic heterocycles. The van der Waals surface area contributed by atoms with Crippen LogP contribution in [0.25, 0.3) is 0 Å². The van der Waals surface area contributed by atoms with Gasteiger partial charge in [0.15, 0.2) is 0 Å². The van der Waals surface area contributed by atoms with Crippen molar-refractivity contribution in [2.75, 3.05) is 5.32 Å². The van der Waals surface area contributed by atoms with Gasteiger partial charge in [-0.25, -0.2) is 0 Å². The summed E-state index contributed by atoms with van der Waals surface area (Å²) in [5.74, 6) is 0.0192. The van der Waals surface area contributed by atoms with Crippen molar-refractivity contribution in [2.45, 2.75) is 13.5 Å². The Balaban J connectivity index is 1.85. The van der Waals surface area contributed by atoms with Gasteiger partial charge in [-0.15, -0.1) is 0 Å². The smallest absolute Gasteiger partial charge is 0.433 e. The molecule has 1 N–H and O–H groups in total. The third-order valence-corrected chi connectivity index (χ3v) is 2.69. The third kappa shape index (κ3) is 3.79. The molecule has 1 aromatic heterocycles. The van der Waals surface area contributed by atoms with Gasteiger partial charge in [-0.05, 0) is 37.3 Å². The van der Waals surface area contributed by atoms with Crippen LogP contribution in [0.4, 0.5) is 11.6 Å². The summed E-state index contributed by atoms with van der Waals surface area (Å²) in [4.78, 5) is 9.85. The highest BCUT2D eigenvalue weighted by molar-refractivity contribution is 7.80. The topological polar surface area (TPSA) is 77.5 Å². The molecule has 0 amide bonds. The molecule has 2 aromatic rings. The van der Waals surface area contributed by atoms with Crippen LogP contribution in [0.15, 0.2) is 40.8 Å². The van der Waals surface area contributed by atoms with Crippen LogP contribution >= 0.6 is 12.2 Å². The summed E-state index contributed by atoms with van der Waals surface area (Å²) in [6, 6.07) is 10.4. The Kier molecular flexibility index (Phi) is 4.31. The van der Waals surface area contributed by atoms with Crippen molar-refractivity contribution in [3.05, 3.63) is 57.8 Å². The lowest BCUT2D eigenvalue weighted by Gasteiger charge is -2.08. The maximum Gasteiger partial charge on any atom is 0.433 e. The van der Waals surface area contributed by atoms with Crippen LogP contribution in [0.5, 0.6) is 0 Å². The molecule has 6 nitrogen and oxygen atoms in total. The summed E-state index contributed by atoms with van der Waals surface area (Å²) in [5, 5.41) is 13.5. The zero-order chi connectivity index (χ0) is 14.5. The lowest BCUT2D eigenvalue weighted by Crippen LogP contribution is -2.12. The number of anilines is 1. The molecule has 0 spiro atoms. The Morgan fingerprint density at radius 3 is 2.65 bits per heavy atom. The minimum Gasteiger partial charge on any atom is -0.463 e. The summed E-state index contributed by atoms with van der Waals surface area (Å²) in [7, 11) is 0. The van der Waals surface area contributed by atoms with E-state index < -0.39 is 4.92 Å². The van der Waals surface area contributed by atoms with Gasteiger partial charge in [-0.3, -0.25) is 10.1 Å². The van der Waals surface area contributed by atoms with Crippen LogP contribution in [0.3, 0.4) is 0 Å². The molecule has 0 aliphatic rings. The molecule has 0 aliphatic carbocycles. The Hall–Kier alpha value is -2.41. The van der Waals surface area contributed by atoms with Crippen LogP contribution in [-0.2, 0) is 11.3 Å². The number of nitrogens with one attached hydrogen (secondary N) is 1. The van der Waals surface area contributed by atoms with Gasteiger partial charge in [0, 0.05) is 5.69 Å². The molecule has 104 valence electrons. The van der Waals surface area contributed by atoms with E-state index in [0.29, 0.717) is 5.76 Å². The summed E-state index contributed by atoms with van der Waals surface area (Å²) in [6.07, 6.45) is 0. The number of nitrogens with zero attached hydrogens (tertiary/aromatic N) is 1. The van der Waals surface area contributed by atoms with E-state index in [1.807, 2.05) is 31.2 Å². The second kappa shape index (κ2) is 6.16. The van der Waals surface area contributed by atoms with E-state index in [0.717, 1.165) is 11.3 Å². The summed E-state index contributed by atoms with van der Waals surface area (Å²) in [5.41, 5.74) is 1.95. The highest BCUT2D eigenvalue weighted by atomic mass is 32.1. The second-order valence-electron chi connectivity index (χ2n) is 4.06. The maximum absolute atomic E-state index is 10.5. The molecule has 7 heteroatoms. The number of rotatable bonds is 4. The predicted octanol–water partition coefficient (Wildman–Crippen LogP) is 3.41. The molecule has 1 aromatic carbocycles. The molecule has 1 heterocycles. The average molecular weight is 292 g/mol. The number of thiocarbonyl (C=S) groups is 1. The van der Waals surface area contributed by atoms with Gasteiger partial charge < -0.3 is 14.5 Å². The lowest BCUT2D eigenvalue weighted by molar-refractivity contribution is -0.402. The van der Waals surface area contributed by atoms with E-state index in [9.17, 15) is 10.1 Å². The number of nitro groups is 1. The minimum atomic E-state index is -0.605. The van der Waals surface area contributed by atoms with Crippen LogP contribution in [0, 0.1) is 17.0 Å². The van der Waals surface area contributed by atoms with Gasteiger partial charge in [0.1, 0.15) is 17.3 Å². The van der Waals surface area contributed by atoms with E-state index in [1.165, 1.54) is 12.1 Å². The molecule has 0 radical (unpaired) electrons. The lowest BCUT2D eigenvalue weighted by atomic mass is 10.2. The zero-order valence-electron chi connectivity index (χ0n) is 10.7. The first-order valence-corrected chi connectivity index (χ1v) is 6.19. The average Bonchev–Trinajstić information content (AvgIpc) is 2.88. The van der Waals surface area contributed by atoms with Gasteiger partial charge in [0.25, 0.3) is 5.17 Å². The number of furan rings is 1. The highest BCUT2D eigenvalue weighted by Crippen LogP contribution is 2.16. The molecule has 0 fully saturated rings. The molecular weight excluding hydrogens is 280 g/mol. The second-order valence-corrected chi connectivity index (χ2v) is 4.44. The van der Waals surface area contributed by atoms with Gasteiger partial charge in [0.05, 0.1) is 6.07 Å². The maximum atomic E-state index is 10.5. The fourth-order valence-electron chi connectivity index (χ4n) is 1.47. The van der Waals surface area contributed by atoms with Crippen molar-refractivity contribution < 1.29 is 14.1 Å². The van der Waals surface area contributed by atoms with Crippen molar-refractivity contribution in [1.82, 2.24) is 0 Å². The Morgan fingerprint density at radius 2 is 2.05 bits per heavy atom. The predicted molar refractivity (Wildman–Crippen MR) is 77.6 cm³/mol. The van der Waals surface area contributed by atoms with E-state index in [4.69, 9.17) is 21.4 Å². The molecular formula is C13H12N2O4S. The largest absolute Gasteiger partial charge is 0.463 e. The van der Waals surface area contributed by atoms with Gasteiger partial charge in [0.2, 0.25) is 0 Å². The molecule has 0 unspecified atom stereocenters. The van der Waals surface area contributed by atoms with Gasteiger partial charge >= 0.3 is 5.88 Å². The molecule has 0 saturated heterocycles. The molecule has 0 bridgehead atoms. The monoisotopic (exact) mass is 292 g/mol. The Labute approximate surface area is 120 Å². The molecule has 2 rings (SSSR count). The number of hydrogen-bond acceptors (Lipinski definition) is 5. The van der Waals surface area contributed by atoms with Crippen LogP contribution in [-0.4, -0.2) is 10.1 Å². The normalized spacial score (nSPS) is 10.1. The first kappa shape index (κ1) is 14.0. The van der Waals surface area contributed by atoms with E-state index in [2.05, 4.69) is 5.32 Å². The van der Waals surface area contributed by atoms with Crippen molar-refractivity contribution in [1.29, 1.82) is 0 Å². The minimum absolute atomic E-state index is 0.0333. The number of hydrogen-bond donors (Lipinski definition) is 1. The van der Waals surface area contributed by atoms with Crippen molar-refractivity contribution in [3.8, 4) is 0 Å². The number of ether oxygens (including phenoxy) is 1. The quantitative estimate of drug-likeness (QED) is 0.528. The van der Waals surface area contributed by atoms with Crippen molar-refractivity contribution in [3.63, 3.8) is 0 Å². The summed E-state index contributed by atoms with van der Waals surface area (Å²) >= 11 is 5.02. The Morgan fingerprint density at radius 1 is 1.35 bits per heavy atom. The fraction of sp³-hybridized carbons (Fsp3) is 0.154. The molecule has 20 heavy (non-hydrogen) atoms. The first-order chi connectivity index (χ1) is 9.54. The van der Waals surface area contributed by atoms with E-state index in [1.54, 1.807) is 0 Å². The number of aryl methyl sites for hydroxylation is 1. The van der Waals surface area contributed by atoms with Gasteiger partial charge in [-0.2, -0.15) is 0 Å². The third-order valence-electron chi connectivity index (χ3n) is 2.47. The van der Waals surface area contributed by atoms with E-state index >= 15 is 0 Å².